The van der Waals surface area contributed by atoms with Gasteiger partial charge < -0.3 is 9.55 Å². The Labute approximate surface area is 143 Å². The molecule has 3 aromatic rings. The first-order chi connectivity index (χ1) is 11.7. The summed E-state index contributed by atoms with van der Waals surface area (Å²) >= 11 is 1.60. The molecule has 0 saturated heterocycles. The predicted molar refractivity (Wildman–Crippen MR) is 94.2 cm³/mol. The summed E-state index contributed by atoms with van der Waals surface area (Å²) in [7, 11) is 0. The van der Waals surface area contributed by atoms with E-state index in [0.29, 0.717) is 11.2 Å². The maximum atomic E-state index is 12.2. The van der Waals surface area contributed by atoms with Gasteiger partial charge in [0.05, 0.1) is 16.2 Å². The second kappa shape index (κ2) is 6.39. The van der Waals surface area contributed by atoms with Crippen molar-refractivity contribution in [1.82, 2.24) is 24.7 Å². The molecule has 1 unspecified atom stereocenters. The summed E-state index contributed by atoms with van der Waals surface area (Å²) in [4.78, 5) is 19.8. The zero-order chi connectivity index (χ0) is 16.5. The van der Waals surface area contributed by atoms with E-state index in [1.165, 1.54) is 12.8 Å². The molecule has 0 spiro atoms. The summed E-state index contributed by atoms with van der Waals surface area (Å²) in [6.07, 6.45) is 4.57. The Morgan fingerprint density at radius 2 is 2.08 bits per heavy atom. The second-order valence-electron chi connectivity index (χ2n) is 6.09. The number of hydrogen-bond acceptors (Lipinski definition) is 5. The molecule has 6 nitrogen and oxygen atoms in total. The lowest BCUT2D eigenvalue weighted by atomic mass is 10.2. The third kappa shape index (κ3) is 2.84. The van der Waals surface area contributed by atoms with Gasteiger partial charge in [0.15, 0.2) is 5.16 Å². The van der Waals surface area contributed by atoms with E-state index >= 15 is 0 Å². The van der Waals surface area contributed by atoms with E-state index in [2.05, 4.69) is 24.7 Å². The summed E-state index contributed by atoms with van der Waals surface area (Å²) in [6, 6.07) is 7.41. The third-order valence-electron chi connectivity index (χ3n) is 4.37. The predicted octanol–water partition coefficient (Wildman–Crippen LogP) is 3.09. The van der Waals surface area contributed by atoms with Gasteiger partial charge in [-0.25, -0.2) is 4.98 Å². The van der Waals surface area contributed by atoms with Gasteiger partial charge in [0.25, 0.3) is 5.56 Å². The molecule has 7 heteroatoms. The van der Waals surface area contributed by atoms with Gasteiger partial charge >= 0.3 is 0 Å². The minimum Gasteiger partial charge on any atom is -0.309 e. The molecular formula is C17H19N5OS. The zero-order valence-corrected chi connectivity index (χ0v) is 14.3. The summed E-state index contributed by atoms with van der Waals surface area (Å²) in [6.45, 7) is 3.01. The van der Waals surface area contributed by atoms with E-state index in [1.54, 1.807) is 17.8 Å². The van der Waals surface area contributed by atoms with Gasteiger partial charge in [-0.2, -0.15) is 0 Å². The Balaban J connectivity index is 1.64. The molecule has 24 heavy (non-hydrogen) atoms. The molecule has 0 aliphatic carbocycles. The quantitative estimate of drug-likeness (QED) is 0.741. The van der Waals surface area contributed by atoms with Crippen molar-refractivity contribution in [3.8, 4) is 0 Å². The van der Waals surface area contributed by atoms with Crippen LogP contribution in [0.4, 0.5) is 0 Å². The minimum absolute atomic E-state index is 0.00106. The van der Waals surface area contributed by atoms with Gasteiger partial charge in [-0.15, -0.1) is 10.2 Å². The summed E-state index contributed by atoms with van der Waals surface area (Å²) in [5.41, 5.74) is 0.631. The molecule has 4 rings (SSSR count). The molecule has 3 heterocycles. The highest BCUT2D eigenvalue weighted by molar-refractivity contribution is 7.99. The first-order valence-electron chi connectivity index (χ1n) is 8.30. The number of rotatable bonds is 3. The van der Waals surface area contributed by atoms with Gasteiger partial charge in [0, 0.05) is 13.0 Å². The second-order valence-corrected chi connectivity index (χ2v) is 7.40. The van der Waals surface area contributed by atoms with Crippen LogP contribution in [0.3, 0.4) is 0 Å². The van der Waals surface area contributed by atoms with Crippen LogP contribution in [-0.4, -0.2) is 24.7 Å². The number of hydrogen-bond donors (Lipinski definition) is 1. The van der Waals surface area contributed by atoms with Crippen LogP contribution in [0.5, 0.6) is 0 Å². The average molecular weight is 341 g/mol. The molecule has 1 aromatic carbocycles. The van der Waals surface area contributed by atoms with Crippen molar-refractivity contribution in [3.63, 3.8) is 0 Å². The molecule has 0 bridgehead atoms. The van der Waals surface area contributed by atoms with E-state index in [0.717, 1.165) is 35.9 Å². The maximum Gasteiger partial charge on any atom is 0.258 e. The van der Waals surface area contributed by atoms with Crippen molar-refractivity contribution in [2.75, 3.05) is 0 Å². The smallest absolute Gasteiger partial charge is 0.258 e. The van der Waals surface area contributed by atoms with Crippen molar-refractivity contribution in [2.45, 2.75) is 49.6 Å². The standard InChI is InChI=1S/C17H19N5OS/c1-11(15-18-13-8-5-4-7-12(13)16(23)19-15)24-17-21-20-14-9-3-2-6-10-22(14)17/h4-5,7-8,11H,2-3,6,9-10H2,1H3,(H,18,19,23). The number of aromatic amines is 1. The van der Waals surface area contributed by atoms with Gasteiger partial charge in [-0.05, 0) is 31.9 Å². The molecule has 0 amide bonds. The van der Waals surface area contributed by atoms with E-state index < -0.39 is 0 Å². The summed E-state index contributed by atoms with van der Waals surface area (Å²) in [5, 5.41) is 10.2. The van der Waals surface area contributed by atoms with Crippen LogP contribution in [0, 0.1) is 0 Å². The number of thioether (sulfide) groups is 1. The van der Waals surface area contributed by atoms with Crippen LogP contribution in [0.2, 0.25) is 0 Å². The zero-order valence-electron chi connectivity index (χ0n) is 13.5. The lowest BCUT2D eigenvalue weighted by Gasteiger charge is -2.12. The summed E-state index contributed by atoms with van der Waals surface area (Å²) < 4.78 is 2.22. The first-order valence-corrected chi connectivity index (χ1v) is 9.18. The Kier molecular flexibility index (Phi) is 4.10. The van der Waals surface area contributed by atoms with Gasteiger partial charge in [-0.3, -0.25) is 4.79 Å². The molecule has 0 radical (unpaired) electrons. The molecule has 0 fully saturated rings. The van der Waals surface area contributed by atoms with Crippen LogP contribution >= 0.6 is 11.8 Å². The van der Waals surface area contributed by atoms with Crippen molar-refractivity contribution in [2.24, 2.45) is 0 Å². The molecule has 1 aliphatic heterocycles. The highest BCUT2D eigenvalue weighted by atomic mass is 32.2. The molecule has 0 saturated carbocycles. The van der Waals surface area contributed by atoms with Crippen LogP contribution in [0.1, 0.15) is 43.1 Å². The number of H-pyrrole nitrogens is 1. The number of nitrogens with one attached hydrogen (secondary N) is 1. The Morgan fingerprint density at radius 3 is 3.00 bits per heavy atom. The monoisotopic (exact) mass is 341 g/mol. The molecule has 1 atom stereocenters. The Morgan fingerprint density at radius 1 is 1.21 bits per heavy atom. The van der Waals surface area contributed by atoms with Crippen molar-refractivity contribution in [1.29, 1.82) is 0 Å². The van der Waals surface area contributed by atoms with E-state index in [4.69, 9.17) is 0 Å². The first kappa shape index (κ1) is 15.4. The van der Waals surface area contributed by atoms with Crippen LogP contribution in [-0.2, 0) is 13.0 Å². The Bertz CT molecular complexity index is 932. The van der Waals surface area contributed by atoms with Crippen molar-refractivity contribution in [3.05, 3.63) is 46.3 Å². The lowest BCUT2D eigenvalue weighted by molar-refractivity contribution is 0.590. The fourth-order valence-corrected chi connectivity index (χ4v) is 4.01. The van der Waals surface area contributed by atoms with E-state index in [1.807, 2.05) is 25.1 Å². The number of fused-ring (bicyclic) bond motifs is 2. The number of aryl methyl sites for hydroxylation is 1. The highest BCUT2D eigenvalue weighted by Crippen LogP contribution is 2.33. The fourth-order valence-electron chi connectivity index (χ4n) is 3.06. The highest BCUT2D eigenvalue weighted by Gasteiger charge is 2.19. The van der Waals surface area contributed by atoms with Crippen molar-refractivity contribution >= 4 is 22.7 Å². The SMILES string of the molecule is CC(Sc1nnc2n1CCCCC2)c1nc2ccccc2c(=O)[nH]1. The third-order valence-corrected chi connectivity index (χ3v) is 5.46. The molecule has 1 N–H and O–H groups in total. The lowest BCUT2D eigenvalue weighted by Crippen LogP contribution is -2.13. The average Bonchev–Trinajstić information content (AvgIpc) is 2.81. The van der Waals surface area contributed by atoms with E-state index in [-0.39, 0.29) is 10.8 Å². The van der Waals surface area contributed by atoms with E-state index in [9.17, 15) is 4.79 Å². The topological polar surface area (TPSA) is 76.5 Å². The minimum atomic E-state index is -0.0943. The molecular weight excluding hydrogens is 322 g/mol. The molecule has 2 aromatic heterocycles. The molecule has 124 valence electrons. The van der Waals surface area contributed by atoms with Gasteiger partial charge in [-0.1, -0.05) is 30.3 Å². The van der Waals surface area contributed by atoms with Crippen LogP contribution in [0.15, 0.2) is 34.2 Å². The maximum absolute atomic E-state index is 12.2. The van der Waals surface area contributed by atoms with Crippen LogP contribution in [0.25, 0.3) is 10.9 Å². The summed E-state index contributed by atoms with van der Waals surface area (Å²) in [5.74, 6) is 1.75. The van der Waals surface area contributed by atoms with Gasteiger partial charge in [0.2, 0.25) is 0 Å². The Hall–Kier alpha value is -2.15. The largest absolute Gasteiger partial charge is 0.309 e. The number of benzene rings is 1. The number of nitrogens with zero attached hydrogens (tertiary/aromatic N) is 4. The molecule has 1 aliphatic rings. The van der Waals surface area contributed by atoms with Crippen LogP contribution < -0.4 is 5.56 Å². The van der Waals surface area contributed by atoms with Crippen molar-refractivity contribution < 1.29 is 0 Å². The fraction of sp³-hybridized carbons (Fsp3) is 0.412. The number of aromatic nitrogens is 5. The number of para-hydroxylation sites is 1. The van der Waals surface area contributed by atoms with Gasteiger partial charge in [0.1, 0.15) is 11.6 Å². The normalized spacial score (nSPS) is 15.9.